The van der Waals surface area contributed by atoms with Crippen LogP contribution in [0.25, 0.3) is 22.4 Å². The minimum atomic E-state index is 0.0305. The molecule has 0 saturated heterocycles. The molecule has 5 heteroatoms. The van der Waals surface area contributed by atoms with E-state index < -0.39 is 0 Å². The first-order valence-electron chi connectivity index (χ1n) is 6.72. The lowest BCUT2D eigenvalue weighted by atomic mass is 9.96. The van der Waals surface area contributed by atoms with Crippen molar-refractivity contribution >= 4 is 5.78 Å². The largest absolute Gasteiger partial charge is 0.294 e. The number of aromatic amines is 1. The topological polar surface area (TPSA) is 82.4 Å². The smallest absolute Gasteiger partial charge is 0.163 e. The predicted molar refractivity (Wildman–Crippen MR) is 82.0 cm³/mol. The van der Waals surface area contributed by atoms with Crippen LogP contribution in [0.4, 0.5) is 0 Å². The van der Waals surface area contributed by atoms with Crippen molar-refractivity contribution in [2.24, 2.45) is 0 Å². The molecule has 22 heavy (non-hydrogen) atoms. The number of rotatable bonds is 3. The van der Waals surface area contributed by atoms with Gasteiger partial charge in [0.1, 0.15) is 11.8 Å². The van der Waals surface area contributed by atoms with Crippen LogP contribution < -0.4 is 0 Å². The Morgan fingerprint density at radius 3 is 2.45 bits per heavy atom. The predicted octanol–water partition coefficient (Wildman–Crippen LogP) is 3.21. The van der Waals surface area contributed by atoms with Gasteiger partial charge in [-0.1, -0.05) is 53.7 Å². The molecular weight excluding hydrogens is 276 g/mol. The fourth-order valence-corrected chi connectivity index (χ4v) is 2.36. The van der Waals surface area contributed by atoms with E-state index in [2.05, 4.69) is 15.4 Å². The molecule has 0 atom stereocenters. The summed E-state index contributed by atoms with van der Waals surface area (Å²) in [4.78, 5) is 11.7. The number of ketones is 1. The number of hydrogen-bond acceptors (Lipinski definition) is 4. The first-order valence-corrected chi connectivity index (χ1v) is 6.72. The summed E-state index contributed by atoms with van der Waals surface area (Å²) in [6, 6.07) is 17.1. The highest BCUT2D eigenvalue weighted by Gasteiger charge is 2.11. The maximum atomic E-state index is 11.7. The Kier molecular flexibility index (Phi) is 3.50. The lowest BCUT2D eigenvalue weighted by Gasteiger charge is -2.07. The molecule has 0 unspecified atom stereocenters. The van der Waals surface area contributed by atoms with Crippen LogP contribution in [0.3, 0.4) is 0 Å². The van der Waals surface area contributed by atoms with Gasteiger partial charge < -0.3 is 0 Å². The van der Waals surface area contributed by atoms with Gasteiger partial charge in [0.25, 0.3) is 0 Å². The van der Waals surface area contributed by atoms with Crippen molar-refractivity contribution in [3.8, 4) is 28.5 Å². The molecule has 0 saturated carbocycles. The van der Waals surface area contributed by atoms with Gasteiger partial charge in [0, 0.05) is 11.1 Å². The van der Waals surface area contributed by atoms with Crippen molar-refractivity contribution < 1.29 is 4.79 Å². The van der Waals surface area contributed by atoms with Crippen LogP contribution in [0.5, 0.6) is 0 Å². The highest BCUT2D eigenvalue weighted by atomic mass is 16.1. The first-order chi connectivity index (χ1) is 10.7. The number of nitriles is 1. The quantitative estimate of drug-likeness (QED) is 0.750. The Morgan fingerprint density at radius 1 is 1.09 bits per heavy atom. The molecule has 3 rings (SSSR count). The van der Waals surface area contributed by atoms with Gasteiger partial charge in [0.2, 0.25) is 0 Å². The van der Waals surface area contributed by atoms with Crippen molar-refractivity contribution in [3.05, 3.63) is 59.8 Å². The van der Waals surface area contributed by atoms with E-state index >= 15 is 0 Å². The summed E-state index contributed by atoms with van der Waals surface area (Å²) in [5, 5.41) is 19.1. The van der Waals surface area contributed by atoms with Gasteiger partial charge in [-0.2, -0.15) is 5.26 Å². The molecule has 3 aromatic rings. The zero-order chi connectivity index (χ0) is 15.5. The van der Waals surface area contributed by atoms with E-state index in [-0.39, 0.29) is 5.78 Å². The summed E-state index contributed by atoms with van der Waals surface area (Å²) in [5.41, 5.74) is 4.17. The Hall–Kier alpha value is -3.26. The van der Waals surface area contributed by atoms with Crippen molar-refractivity contribution in [2.75, 3.05) is 0 Å². The molecule has 0 fully saturated rings. The van der Waals surface area contributed by atoms with Crippen molar-refractivity contribution in [1.29, 1.82) is 5.26 Å². The van der Waals surface area contributed by atoms with Crippen LogP contribution in [0.2, 0.25) is 0 Å². The van der Waals surface area contributed by atoms with Crippen LogP contribution in [0.15, 0.2) is 48.5 Å². The van der Waals surface area contributed by atoms with E-state index in [9.17, 15) is 4.79 Å². The molecule has 1 heterocycles. The molecule has 2 aromatic carbocycles. The molecule has 0 bridgehead atoms. The molecule has 0 amide bonds. The summed E-state index contributed by atoms with van der Waals surface area (Å²) in [5.74, 6) is 0.0305. The molecule has 0 spiro atoms. The molecular formula is C17H12N4O. The average molecular weight is 288 g/mol. The molecule has 5 nitrogen and oxygen atoms in total. The second kappa shape index (κ2) is 5.62. The summed E-state index contributed by atoms with van der Waals surface area (Å²) < 4.78 is 0. The molecule has 0 radical (unpaired) electrons. The lowest BCUT2D eigenvalue weighted by Crippen LogP contribution is -1.95. The summed E-state index contributed by atoms with van der Waals surface area (Å²) in [6.07, 6.45) is 0. The van der Waals surface area contributed by atoms with E-state index in [1.165, 1.54) is 0 Å². The number of carbonyl (C=O) groups excluding carboxylic acids is 1. The van der Waals surface area contributed by atoms with Crippen LogP contribution >= 0.6 is 0 Å². The summed E-state index contributed by atoms with van der Waals surface area (Å²) >= 11 is 0. The van der Waals surface area contributed by atoms with Gasteiger partial charge in [-0.15, -0.1) is 5.10 Å². The zero-order valence-corrected chi connectivity index (χ0v) is 11.9. The number of benzene rings is 2. The summed E-state index contributed by atoms with van der Waals surface area (Å²) in [7, 11) is 0. The highest BCUT2D eigenvalue weighted by molar-refractivity contribution is 6.00. The van der Waals surface area contributed by atoms with E-state index in [1.807, 2.05) is 54.6 Å². The minimum Gasteiger partial charge on any atom is -0.294 e. The Balaban J connectivity index is 2.03. The normalized spacial score (nSPS) is 10.2. The SMILES string of the molecule is CC(=O)c1ccccc1-c1ccc(-c2nn[nH]c2C#N)cc1. The lowest BCUT2D eigenvalue weighted by molar-refractivity contribution is 0.101. The second-order valence-corrected chi connectivity index (χ2v) is 4.83. The van der Waals surface area contributed by atoms with Crippen LogP contribution in [-0.2, 0) is 0 Å². The Bertz CT molecular complexity index is 872. The number of H-pyrrole nitrogens is 1. The third-order valence-electron chi connectivity index (χ3n) is 3.44. The van der Waals surface area contributed by atoms with Gasteiger partial charge in [-0.25, -0.2) is 5.10 Å². The monoisotopic (exact) mass is 288 g/mol. The number of hydrogen-bond donors (Lipinski definition) is 1. The molecule has 1 aromatic heterocycles. The van der Waals surface area contributed by atoms with Crippen molar-refractivity contribution in [1.82, 2.24) is 15.4 Å². The fraction of sp³-hybridized carbons (Fsp3) is 0.0588. The Labute approximate surface area is 127 Å². The number of aromatic nitrogens is 3. The number of Topliss-reactive ketones (excluding diaryl/α,β-unsaturated/α-hetero) is 1. The molecule has 0 aliphatic rings. The molecule has 0 aliphatic carbocycles. The van der Waals surface area contributed by atoms with Crippen molar-refractivity contribution in [3.63, 3.8) is 0 Å². The van der Waals surface area contributed by atoms with Gasteiger partial charge in [-0.05, 0) is 18.1 Å². The number of nitrogens with zero attached hydrogens (tertiary/aromatic N) is 3. The van der Waals surface area contributed by atoms with Gasteiger partial charge >= 0.3 is 0 Å². The first kappa shape index (κ1) is 13.7. The summed E-state index contributed by atoms with van der Waals surface area (Å²) in [6.45, 7) is 1.56. The van der Waals surface area contributed by atoms with E-state index in [4.69, 9.17) is 5.26 Å². The molecule has 1 N–H and O–H groups in total. The van der Waals surface area contributed by atoms with E-state index in [1.54, 1.807) is 6.92 Å². The standard InChI is InChI=1S/C17H12N4O/c1-11(22)14-4-2-3-5-15(14)12-6-8-13(9-7-12)17-16(10-18)19-21-20-17/h2-9H,1H3,(H,19,20,21). The maximum Gasteiger partial charge on any atom is 0.163 e. The highest BCUT2D eigenvalue weighted by Crippen LogP contribution is 2.27. The van der Waals surface area contributed by atoms with Gasteiger partial charge in [-0.3, -0.25) is 4.79 Å². The third kappa shape index (κ3) is 2.38. The average Bonchev–Trinajstić information content (AvgIpc) is 3.03. The van der Waals surface area contributed by atoms with E-state index in [0.29, 0.717) is 17.0 Å². The van der Waals surface area contributed by atoms with Crippen molar-refractivity contribution in [2.45, 2.75) is 6.92 Å². The van der Waals surface area contributed by atoms with Crippen LogP contribution in [-0.4, -0.2) is 21.2 Å². The minimum absolute atomic E-state index is 0.0305. The number of carbonyl (C=O) groups is 1. The molecule has 106 valence electrons. The van der Waals surface area contributed by atoms with E-state index in [0.717, 1.165) is 16.7 Å². The fourth-order valence-electron chi connectivity index (χ4n) is 2.36. The maximum absolute atomic E-state index is 11.7. The number of nitrogens with one attached hydrogen (secondary N) is 1. The molecule has 0 aliphatic heterocycles. The zero-order valence-electron chi connectivity index (χ0n) is 11.9. The Morgan fingerprint density at radius 2 is 1.77 bits per heavy atom. The van der Waals surface area contributed by atoms with Gasteiger partial charge in [0.05, 0.1) is 0 Å². The second-order valence-electron chi connectivity index (χ2n) is 4.83. The third-order valence-corrected chi connectivity index (χ3v) is 3.44. The van der Waals surface area contributed by atoms with Crippen LogP contribution in [0.1, 0.15) is 23.0 Å². The van der Waals surface area contributed by atoms with Crippen LogP contribution in [0, 0.1) is 11.3 Å². The van der Waals surface area contributed by atoms with Gasteiger partial charge in [0.15, 0.2) is 11.5 Å².